The first kappa shape index (κ1) is 15.8. The molecule has 0 aliphatic carbocycles. The number of aromatic nitrogens is 1. The summed E-state index contributed by atoms with van der Waals surface area (Å²) in [5.41, 5.74) is 0.729. The number of piperidine rings is 1. The maximum absolute atomic E-state index is 12.5. The van der Waals surface area contributed by atoms with Crippen LogP contribution in [0.5, 0.6) is 0 Å². The highest BCUT2D eigenvalue weighted by Crippen LogP contribution is 2.20. The SMILES string of the molecule is CCNc1cc(C(=O)N2CCC(CN(C)C)CC2)ccn1. The molecule has 116 valence electrons. The zero-order chi connectivity index (χ0) is 15.2. The number of nitrogens with one attached hydrogen (secondary N) is 1. The molecule has 1 amide bonds. The number of nitrogens with zero attached hydrogens (tertiary/aromatic N) is 3. The third-order valence-electron chi connectivity index (χ3n) is 3.89. The lowest BCUT2D eigenvalue weighted by atomic mass is 9.96. The van der Waals surface area contributed by atoms with Gasteiger partial charge in [-0.2, -0.15) is 0 Å². The van der Waals surface area contributed by atoms with E-state index in [4.69, 9.17) is 0 Å². The van der Waals surface area contributed by atoms with E-state index in [0.717, 1.165) is 50.4 Å². The Morgan fingerprint density at radius 3 is 2.76 bits per heavy atom. The van der Waals surface area contributed by atoms with E-state index in [-0.39, 0.29) is 5.91 Å². The molecule has 0 atom stereocenters. The number of carbonyl (C=O) groups excluding carboxylic acids is 1. The fraction of sp³-hybridized carbons (Fsp3) is 0.625. The van der Waals surface area contributed by atoms with Crippen LogP contribution in [0.4, 0.5) is 5.82 Å². The Labute approximate surface area is 127 Å². The largest absolute Gasteiger partial charge is 0.370 e. The second kappa shape index (κ2) is 7.41. The Balaban J connectivity index is 1.94. The number of carbonyl (C=O) groups is 1. The zero-order valence-electron chi connectivity index (χ0n) is 13.3. The van der Waals surface area contributed by atoms with Crippen molar-refractivity contribution in [2.45, 2.75) is 19.8 Å². The summed E-state index contributed by atoms with van der Waals surface area (Å²) in [6.45, 7) is 5.65. The van der Waals surface area contributed by atoms with Gasteiger partial charge in [-0.05, 0) is 51.9 Å². The van der Waals surface area contributed by atoms with Crippen molar-refractivity contribution in [3.05, 3.63) is 23.9 Å². The van der Waals surface area contributed by atoms with E-state index in [1.807, 2.05) is 17.9 Å². The third kappa shape index (κ3) is 4.43. The topological polar surface area (TPSA) is 48.5 Å². The van der Waals surface area contributed by atoms with Crippen molar-refractivity contribution in [3.63, 3.8) is 0 Å². The number of pyridine rings is 1. The highest BCUT2D eigenvalue weighted by atomic mass is 16.2. The summed E-state index contributed by atoms with van der Waals surface area (Å²) in [6.07, 6.45) is 3.88. The predicted molar refractivity (Wildman–Crippen MR) is 85.6 cm³/mol. The summed E-state index contributed by atoms with van der Waals surface area (Å²) >= 11 is 0. The van der Waals surface area contributed by atoms with Gasteiger partial charge in [0, 0.05) is 37.9 Å². The van der Waals surface area contributed by atoms with Gasteiger partial charge in [0.05, 0.1) is 0 Å². The van der Waals surface area contributed by atoms with Crippen molar-refractivity contribution in [1.82, 2.24) is 14.8 Å². The molecule has 1 aliphatic heterocycles. The minimum atomic E-state index is 0.125. The second-order valence-corrected chi connectivity index (χ2v) is 5.96. The average Bonchev–Trinajstić information content (AvgIpc) is 2.47. The van der Waals surface area contributed by atoms with Gasteiger partial charge in [0.1, 0.15) is 5.82 Å². The molecule has 5 heteroatoms. The van der Waals surface area contributed by atoms with E-state index in [1.165, 1.54) is 0 Å². The molecule has 1 aromatic rings. The monoisotopic (exact) mass is 290 g/mol. The lowest BCUT2D eigenvalue weighted by Gasteiger charge is -2.33. The third-order valence-corrected chi connectivity index (χ3v) is 3.89. The standard InChI is InChI=1S/C16H26N4O/c1-4-17-15-11-14(5-8-18-15)16(21)20-9-6-13(7-10-20)12-19(2)3/h5,8,11,13H,4,6-7,9-10,12H2,1-3H3,(H,17,18). The van der Waals surface area contributed by atoms with E-state index in [1.54, 1.807) is 12.3 Å². The van der Waals surface area contributed by atoms with E-state index < -0.39 is 0 Å². The minimum absolute atomic E-state index is 0.125. The number of likely N-dealkylation sites (tertiary alicyclic amines) is 1. The van der Waals surface area contributed by atoms with E-state index in [0.29, 0.717) is 5.92 Å². The molecule has 21 heavy (non-hydrogen) atoms. The number of rotatable bonds is 5. The summed E-state index contributed by atoms with van der Waals surface area (Å²) < 4.78 is 0. The van der Waals surface area contributed by atoms with Crippen LogP contribution in [0.25, 0.3) is 0 Å². The summed E-state index contributed by atoms with van der Waals surface area (Å²) in [7, 11) is 4.22. The van der Waals surface area contributed by atoms with Crippen molar-refractivity contribution in [2.75, 3.05) is 45.6 Å². The molecular formula is C16H26N4O. The van der Waals surface area contributed by atoms with Gasteiger partial charge < -0.3 is 15.1 Å². The van der Waals surface area contributed by atoms with Gasteiger partial charge >= 0.3 is 0 Å². The molecule has 1 aromatic heterocycles. The lowest BCUT2D eigenvalue weighted by Crippen LogP contribution is -2.40. The molecule has 0 aromatic carbocycles. The van der Waals surface area contributed by atoms with Crippen molar-refractivity contribution in [3.8, 4) is 0 Å². The Bertz CT molecular complexity index is 467. The highest BCUT2D eigenvalue weighted by Gasteiger charge is 2.24. The van der Waals surface area contributed by atoms with Crippen molar-refractivity contribution >= 4 is 11.7 Å². The molecule has 1 saturated heterocycles. The molecule has 0 unspecified atom stereocenters. The molecule has 2 heterocycles. The predicted octanol–water partition coefficient (Wildman–Crippen LogP) is 1.93. The molecule has 0 bridgehead atoms. The molecule has 0 radical (unpaired) electrons. The minimum Gasteiger partial charge on any atom is -0.370 e. The van der Waals surface area contributed by atoms with Crippen LogP contribution in [0.3, 0.4) is 0 Å². The molecular weight excluding hydrogens is 264 g/mol. The van der Waals surface area contributed by atoms with Crippen molar-refractivity contribution < 1.29 is 4.79 Å². The van der Waals surface area contributed by atoms with Crippen molar-refractivity contribution in [2.24, 2.45) is 5.92 Å². The van der Waals surface area contributed by atoms with Crippen LogP contribution in [0.1, 0.15) is 30.1 Å². The molecule has 1 fully saturated rings. The Kier molecular flexibility index (Phi) is 5.56. The van der Waals surface area contributed by atoms with Crippen molar-refractivity contribution in [1.29, 1.82) is 0 Å². The first-order valence-electron chi connectivity index (χ1n) is 7.74. The average molecular weight is 290 g/mol. The van der Waals surface area contributed by atoms with Gasteiger partial charge in [-0.15, -0.1) is 0 Å². The van der Waals surface area contributed by atoms with Gasteiger partial charge in [-0.25, -0.2) is 4.98 Å². The molecule has 0 saturated carbocycles. The smallest absolute Gasteiger partial charge is 0.254 e. The zero-order valence-corrected chi connectivity index (χ0v) is 13.3. The number of hydrogen-bond acceptors (Lipinski definition) is 4. The Morgan fingerprint density at radius 1 is 1.43 bits per heavy atom. The first-order chi connectivity index (χ1) is 10.1. The quantitative estimate of drug-likeness (QED) is 0.900. The van der Waals surface area contributed by atoms with Gasteiger partial charge in [-0.3, -0.25) is 4.79 Å². The van der Waals surface area contributed by atoms with E-state index >= 15 is 0 Å². The van der Waals surface area contributed by atoms with Crippen LogP contribution in [0.2, 0.25) is 0 Å². The maximum Gasteiger partial charge on any atom is 0.254 e. The van der Waals surface area contributed by atoms with Crippen LogP contribution >= 0.6 is 0 Å². The molecule has 1 aliphatic rings. The summed E-state index contributed by atoms with van der Waals surface area (Å²) in [4.78, 5) is 21.0. The molecule has 0 spiro atoms. The normalized spacial score (nSPS) is 16.3. The number of hydrogen-bond donors (Lipinski definition) is 1. The van der Waals surface area contributed by atoms with Gasteiger partial charge in [0.2, 0.25) is 0 Å². The fourth-order valence-electron chi connectivity index (χ4n) is 2.86. The van der Waals surface area contributed by atoms with E-state index in [2.05, 4.69) is 29.3 Å². The van der Waals surface area contributed by atoms with Crippen LogP contribution in [-0.4, -0.2) is 61.0 Å². The number of anilines is 1. The maximum atomic E-state index is 12.5. The highest BCUT2D eigenvalue weighted by molar-refractivity contribution is 5.94. The summed E-state index contributed by atoms with van der Waals surface area (Å²) in [5, 5.41) is 3.15. The lowest BCUT2D eigenvalue weighted by molar-refractivity contribution is 0.0678. The van der Waals surface area contributed by atoms with Gasteiger partial charge in [0.15, 0.2) is 0 Å². The number of amides is 1. The molecule has 1 N–H and O–H groups in total. The van der Waals surface area contributed by atoms with Crippen LogP contribution in [-0.2, 0) is 0 Å². The molecule has 5 nitrogen and oxygen atoms in total. The second-order valence-electron chi connectivity index (χ2n) is 5.96. The van der Waals surface area contributed by atoms with Crippen LogP contribution in [0.15, 0.2) is 18.3 Å². The molecule has 2 rings (SSSR count). The van der Waals surface area contributed by atoms with Gasteiger partial charge in [-0.1, -0.05) is 0 Å². The summed E-state index contributed by atoms with van der Waals surface area (Å²) in [5.74, 6) is 1.60. The van der Waals surface area contributed by atoms with Crippen LogP contribution in [0, 0.1) is 5.92 Å². The fourth-order valence-corrected chi connectivity index (χ4v) is 2.86. The summed E-state index contributed by atoms with van der Waals surface area (Å²) in [6, 6.07) is 3.65. The Hall–Kier alpha value is -1.62. The Morgan fingerprint density at radius 2 is 2.14 bits per heavy atom. The van der Waals surface area contributed by atoms with E-state index in [9.17, 15) is 4.79 Å². The van der Waals surface area contributed by atoms with Gasteiger partial charge in [0.25, 0.3) is 5.91 Å². The van der Waals surface area contributed by atoms with Crippen LogP contribution < -0.4 is 5.32 Å². The first-order valence-corrected chi connectivity index (χ1v) is 7.74.